The highest BCUT2D eigenvalue weighted by atomic mass is 16.4. The van der Waals surface area contributed by atoms with Crippen LogP contribution in [-0.2, 0) is 4.79 Å². The molecule has 0 aromatic rings. The highest BCUT2D eigenvalue weighted by Crippen LogP contribution is 2.44. The zero-order chi connectivity index (χ0) is 12.7. The molecule has 0 aliphatic heterocycles. The van der Waals surface area contributed by atoms with Gasteiger partial charge >= 0.3 is 5.97 Å². The second kappa shape index (κ2) is 7.03. The second-order valence-electron chi connectivity index (χ2n) is 5.77. The van der Waals surface area contributed by atoms with Gasteiger partial charge in [0, 0.05) is 0 Å². The fraction of sp³-hybridized carbons (Fsp3) is 0.933. The Morgan fingerprint density at radius 2 is 1.76 bits per heavy atom. The van der Waals surface area contributed by atoms with E-state index in [1.54, 1.807) is 0 Å². The molecule has 0 aromatic carbocycles. The maximum Gasteiger partial charge on any atom is 0.309 e. The lowest BCUT2D eigenvalue weighted by Crippen LogP contribution is -2.35. The van der Waals surface area contributed by atoms with Crippen molar-refractivity contribution in [3.05, 3.63) is 0 Å². The summed E-state index contributed by atoms with van der Waals surface area (Å²) in [6.07, 6.45) is 11.0. The number of unbranched alkanes of at least 4 members (excludes halogenated alkanes) is 2. The first-order valence-electron chi connectivity index (χ1n) is 7.38. The van der Waals surface area contributed by atoms with Crippen LogP contribution in [-0.4, -0.2) is 11.1 Å². The van der Waals surface area contributed by atoms with Gasteiger partial charge in [0.05, 0.1) is 5.41 Å². The van der Waals surface area contributed by atoms with E-state index in [0.717, 1.165) is 50.9 Å². The minimum absolute atomic E-state index is 0.376. The van der Waals surface area contributed by atoms with Gasteiger partial charge in [-0.1, -0.05) is 46.0 Å². The van der Waals surface area contributed by atoms with Gasteiger partial charge in [0.1, 0.15) is 0 Å². The SMILES string of the molecule is CCCCC1CCC(CCCC)(C(=O)O)CC1. The van der Waals surface area contributed by atoms with E-state index in [9.17, 15) is 9.90 Å². The Morgan fingerprint density at radius 1 is 1.18 bits per heavy atom. The summed E-state index contributed by atoms with van der Waals surface area (Å²) in [7, 11) is 0. The first kappa shape index (κ1) is 14.5. The van der Waals surface area contributed by atoms with E-state index in [4.69, 9.17) is 0 Å². The first-order valence-corrected chi connectivity index (χ1v) is 7.38. The number of aliphatic carboxylic acids is 1. The van der Waals surface area contributed by atoms with E-state index in [-0.39, 0.29) is 5.41 Å². The number of carbonyl (C=O) groups is 1. The Hall–Kier alpha value is -0.530. The van der Waals surface area contributed by atoms with E-state index in [1.807, 2.05) is 0 Å². The Morgan fingerprint density at radius 3 is 2.24 bits per heavy atom. The molecule has 0 atom stereocenters. The predicted octanol–water partition coefficient (Wildman–Crippen LogP) is 4.63. The molecule has 0 radical (unpaired) electrons. The molecule has 0 aromatic heterocycles. The van der Waals surface area contributed by atoms with Crippen molar-refractivity contribution >= 4 is 5.97 Å². The normalized spacial score (nSPS) is 29.2. The molecule has 17 heavy (non-hydrogen) atoms. The molecule has 2 nitrogen and oxygen atoms in total. The largest absolute Gasteiger partial charge is 0.481 e. The standard InChI is InChI=1S/C15H28O2/c1-3-5-7-13-8-11-15(12-9-13,14(16)17)10-6-4-2/h13H,3-12H2,1-2H3,(H,16,17). The maximum atomic E-state index is 11.5. The molecule has 1 aliphatic rings. The van der Waals surface area contributed by atoms with Crippen molar-refractivity contribution in [3.63, 3.8) is 0 Å². The highest BCUT2D eigenvalue weighted by molar-refractivity contribution is 5.74. The maximum absolute atomic E-state index is 11.5. The number of carboxylic acid groups (broad SMARTS) is 1. The van der Waals surface area contributed by atoms with Gasteiger partial charge in [0.2, 0.25) is 0 Å². The summed E-state index contributed by atoms with van der Waals surface area (Å²) in [5.74, 6) is 0.254. The summed E-state index contributed by atoms with van der Waals surface area (Å²) in [4.78, 5) is 11.5. The van der Waals surface area contributed by atoms with Crippen molar-refractivity contribution in [2.45, 2.75) is 78.1 Å². The summed E-state index contributed by atoms with van der Waals surface area (Å²) < 4.78 is 0. The van der Waals surface area contributed by atoms with Gasteiger partial charge in [-0.2, -0.15) is 0 Å². The van der Waals surface area contributed by atoms with E-state index in [0.29, 0.717) is 0 Å². The van der Waals surface area contributed by atoms with Crippen LogP contribution in [0.3, 0.4) is 0 Å². The molecule has 1 fully saturated rings. The van der Waals surface area contributed by atoms with Gasteiger partial charge < -0.3 is 5.11 Å². The Kier molecular flexibility index (Phi) is 6.01. The van der Waals surface area contributed by atoms with Gasteiger partial charge in [-0.25, -0.2) is 0 Å². The van der Waals surface area contributed by atoms with Gasteiger partial charge in [-0.05, 0) is 38.0 Å². The highest BCUT2D eigenvalue weighted by Gasteiger charge is 2.40. The van der Waals surface area contributed by atoms with Crippen LogP contribution in [0.4, 0.5) is 0 Å². The van der Waals surface area contributed by atoms with E-state index < -0.39 is 5.97 Å². The zero-order valence-corrected chi connectivity index (χ0v) is 11.5. The Bertz CT molecular complexity index is 227. The number of rotatable bonds is 7. The third-order valence-electron chi connectivity index (χ3n) is 4.49. The molecule has 0 amide bonds. The topological polar surface area (TPSA) is 37.3 Å². The molecule has 1 rings (SSSR count). The Balaban J connectivity index is 2.46. The van der Waals surface area contributed by atoms with Crippen molar-refractivity contribution in [1.29, 1.82) is 0 Å². The number of hydrogen-bond acceptors (Lipinski definition) is 1. The summed E-state index contributed by atoms with van der Waals surface area (Å²) >= 11 is 0. The zero-order valence-electron chi connectivity index (χ0n) is 11.5. The fourth-order valence-corrected chi connectivity index (χ4v) is 3.10. The van der Waals surface area contributed by atoms with E-state index in [2.05, 4.69) is 13.8 Å². The minimum Gasteiger partial charge on any atom is -0.481 e. The van der Waals surface area contributed by atoms with Gasteiger partial charge in [-0.15, -0.1) is 0 Å². The van der Waals surface area contributed by atoms with Crippen molar-refractivity contribution in [2.24, 2.45) is 11.3 Å². The molecule has 1 N–H and O–H groups in total. The quantitative estimate of drug-likeness (QED) is 0.704. The smallest absolute Gasteiger partial charge is 0.309 e. The molecular weight excluding hydrogens is 212 g/mol. The van der Waals surface area contributed by atoms with Gasteiger partial charge in [0.15, 0.2) is 0 Å². The van der Waals surface area contributed by atoms with Gasteiger partial charge in [-0.3, -0.25) is 4.79 Å². The minimum atomic E-state index is -0.542. The molecule has 2 heteroatoms. The van der Waals surface area contributed by atoms with Crippen LogP contribution in [0, 0.1) is 11.3 Å². The molecule has 1 saturated carbocycles. The number of hydrogen-bond donors (Lipinski definition) is 1. The van der Waals surface area contributed by atoms with Crippen LogP contribution in [0.25, 0.3) is 0 Å². The van der Waals surface area contributed by atoms with Crippen LogP contribution in [0.2, 0.25) is 0 Å². The van der Waals surface area contributed by atoms with Crippen LogP contribution in [0.5, 0.6) is 0 Å². The van der Waals surface area contributed by atoms with Crippen LogP contribution >= 0.6 is 0 Å². The molecule has 0 bridgehead atoms. The van der Waals surface area contributed by atoms with Crippen LogP contribution in [0.15, 0.2) is 0 Å². The lowest BCUT2D eigenvalue weighted by molar-refractivity contribution is -0.152. The summed E-state index contributed by atoms with van der Waals surface area (Å²) in [5.41, 5.74) is -0.376. The second-order valence-corrected chi connectivity index (χ2v) is 5.77. The summed E-state index contributed by atoms with van der Waals surface area (Å²) in [6.45, 7) is 4.37. The first-order chi connectivity index (χ1) is 8.14. The Labute approximate surface area is 106 Å². The van der Waals surface area contributed by atoms with Crippen molar-refractivity contribution in [1.82, 2.24) is 0 Å². The average molecular weight is 240 g/mol. The molecule has 0 unspecified atom stereocenters. The average Bonchev–Trinajstić information content (AvgIpc) is 2.35. The van der Waals surface area contributed by atoms with Crippen LogP contribution in [0.1, 0.15) is 78.1 Å². The number of carboxylic acids is 1. The summed E-state index contributed by atoms with van der Waals surface area (Å²) in [5, 5.41) is 9.48. The lowest BCUT2D eigenvalue weighted by Gasteiger charge is -2.37. The molecule has 0 spiro atoms. The molecular formula is C15H28O2. The van der Waals surface area contributed by atoms with Crippen molar-refractivity contribution < 1.29 is 9.90 Å². The van der Waals surface area contributed by atoms with Crippen LogP contribution < -0.4 is 0 Å². The van der Waals surface area contributed by atoms with Crippen molar-refractivity contribution in [3.8, 4) is 0 Å². The molecule has 0 heterocycles. The monoisotopic (exact) mass is 240 g/mol. The molecule has 0 saturated heterocycles. The van der Waals surface area contributed by atoms with Gasteiger partial charge in [0.25, 0.3) is 0 Å². The van der Waals surface area contributed by atoms with Crippen molar-refractivity contribution in [2.75, 3.05) is 0 Å². The third kappa shape index (κ3) is 4.01. The lowest BCUT2D eigenvalue weighted by atomic mass is 9.67. The fourth-order valence-electron chi connectivity index (χ4n) is 3.10. The molecule has 1 aliphatic carbocycles. The van der Waals surface area contributed by atoms with E-state index in [1.165, 1.54) is 19.3 Å². The third-order valence-corrected chi connectivity index (χ3v) is 4.49. The predicted molar refractivity (Wildman–Crippen MR) is 71.1 cm³/mol. The molecule has 100 valence electrons. The summed E-state index contributed by atoms with van der Waals surface area (Å²) in [6, 6.07) is 0. The van der Waals surface area contributed by atoms with E-state index >= 15 is 0 Å².